The molecule has 4 N–H and O–H groups in total. The second kappa shape index (κ2) is 8.31. The van der Waals surface area contributed by atoms with E-state index in [1.54, 1.807) is 31.3 Å². The van der Waals surface area contributed by atoms with Gasteiger partial charge in [-0.05, 0) is 36.9 Å². The lowest BCUT2D eigenvalue weighted by Gasteiger charge is -2.21. The van der Waals surface area contributed by atoms with E-state index in [0.717, 1.165) is 0 Å². The van der Waals surface area contributed by atoms with E-state index < -0.39 is 18.3 Å². The van der Waals surface area contributed by atoms with Crippen LogP contribution in [-0.2, 0) is 0 Å². The van der Waals surface area contributed by atoms with Gasteiger partial charge in [-0.2, -0.15) is 0 Å². The molecule has 3 rings (SSSR count). The lowest BCUT2D eigenvalue weighted by molar-refractivity contribution is -0.274. The molecule has 29 heavy (non-hydrogen) atoms. The van der Waals surface area contributed by atoms with Crippen LogP contribution in [0.4, 0.5) is 19.0 Å². The summed E-state index contributed by atoms with van der Waals surface area (Å²) in [4.78, 5) is 20.0. The fraction of sp³-hybridized carbons (Fsp3) is 0.211. The Morgan fingerprint density at radius 3 is 2.66 bits per heavy atom. The number of amides is 1. The molecule has 1 atom stereocenters. The standard InChI is InChI=1S/C19H18F3N5O2/c1-24-9-15(11-4-2-5-12(8-11)29-19(20,21)22)27-18-14-7-3-6-13(17(23)28)16(14)25-10-26-18/h2-8,10,15,24H,9H2,1H3,(H2,23,28)(H,25,26,27)/t15-/m1/s1. The molecule has 7 nitrogen and oxygen atoms in total. The van der Waals surface area contributed by atoms with Gasteiger partial charge in [0.15, 0.2) is 0 Å². The summed E-state index contributed by atoms with van der Waals surface area (Å²) in [6.07, 6.45) is -3.49. The van der Waals surface area contributed by atoms with Gasteiger partial charge in [0.25, 0.3) is 5.91 Å². The zero-order chi connectivity index (χ0) is 21.0. The first-order valence-corrected chi connectivity index (χ1v) is 8.59. The number of anilines is 1. The quantitative estimate of drug-likeness (QED) is 0.559. The van der Waals surface area contributed by atoms with Crippen LogP contribution >= 0.6 is 0 Å². The number of ether oxygens (including phenoxy) is 1. The molecule has 1 aromatic heterocycles. The highest BCUT2D eigenvalue weighted by molar-refractivity contribution is 6.06. The smallest absolute Gasteiger partial charge is 0.406 e. The Bertz CT molecular complexity index is 1030. The molecular weight excluding hydrogens is 387 g/mol. The Labute approximate surface area is 164 Å². The SMILES string of the molecule is CNC[C@@H](Nc1ncnc2c(C(N)=O)cccc12)c1cccc(OC(F)(F)F)c1. The summed E-state index contributed by atoms with van der Waals surface area (Å²) in [5.74, 6) is -0.522. The minimum Gasteiger partial charge on any atom is -0.406 e. The number of alkyl halides is 3. The van der Waals surface area contributed by atoms with Crippen molar-refractivity contribution in [1.82, 2.24) is 15.3 Å². The molecule has 0 aliphatic rings. The molecule has 1 amide bonds. The summed E-state index contributed by atoms with van der Waals surface area (Å²) in [6.45, 7) is 0.385. The summed E-state index contributed by atoms with van der Waals surface area (Å²) in [7, 11) is 1.72. The number of nitrogens with one attached hydrogen (secondary N) is 2. The molecule has 2 aromatic carbocycles. The van der Waals surface area contributed by atoms with Gasteiger partial charge in [0, 0.05) is 11.9 Å². The second-order valence-electron chi connectivity index (χ2n) is 6.16. The van der Waals surface area contributed by atoms with Crippen LogP contribution in [0, 0.1) is 0 Å². The van der Waals surface area contributed by atoms with E-state index in [1.165, 1.54) is 24.5 Å². The molecule has 0 unspecified atom stereocenters. The van der Waals surface area contributed by atoms with Crippen molar-refractivity contribution < 1.29 is 22.7 Å². The van der Waals surface area contributed by atoms with Crippen LogP contribution in [0.15, 0.2) is 48.8 Å². The molecule has 0 radical (unpaired) electrons. The maximum absolute atomic E-state index is 12.5. The number of halogens is 3. The van der Waals surface area contributed by atoms with Crippen molar-refractivity contribution in [1.29, 1.82) is 0 Å². The normalized spacial score (nSPS) is 12.6. The van der Waals surface area contributed by atoms with Crippen molar-refractivity contribution in [2.24, 2.45) is 5.73 Å². The maximum atomic E-state index is 12.5. The third kappa shape index (κ3) is 4.91. The van der Waals surface area contributed by atoms with Crippen molar-refractivity contribution in [3.8, 4) is 5.75 Å². The van der Waals surface area contributed by atoms with Gasteiger partial charge in [-0.25, -0.2) is 9.97 Å². The van der Waals surface area contributed by atoms with Crippen LogP contribution in [0.3, 0.4) is 0 Å². The number of para-hydroxylation sites is 1. The van der Waals surface area contributed by atoms with E-state index in [-0.39, 0.29) is 11.3 Å². The number of aromatic nitrogens is 2. The van der Waals surface area contributed by atoms with Gasteiger partial charge in [-0.15, -0.1) is 13.2 Å². The number of carbonyl (C=O) groups excluding carboxylic acids is 1. The molecule has 0 saturated carbocycles. The topological polar surface area (TPSA) is 102 Å². The molecule has 0 aliphatic carbocycles. The second-order valence-corrected chi connectivity index (χ2v) is 6.16. The molecule has 10 heteroatoms. The van der Waals surface area contributed by atoms with E-state index in [0.29, 0.717) is 28.8 Å². The number of nitrogens with zero attached hydrogens (tertiary/aromatic N) is 2. The lowest BCUT2D eigenvalue weighted by Crippen LogP contribution is -2.24. The molecule has 1 heterocycles. The van der Waals surface area contributed by atoms with Crippen molar-refractivity contribution >= 4 is 22.6 Å². The number of hydrogen-bond donors (Lipinski definition) is 3. The van der Waals surface area contributed by atoms with Crippen molar-refractivity contribution in [3.63, 3.8) is 0 Å². The fourth-order valence-electron chi connectivity index (χ4n) is 2.95. The third-order valence-electron chi connectivity index (χ3n) is 4.14. The van der Waals surface area contributed by atoms with E-state index in [2.05, 4.69) is 25.3 Å². The Balaban J connectivity index is 1.97. The monoisotopic (exact) mass is 405 g/mol. The number of fused-ring (bicyclic) bond motifs is 1. The van der Waals surface area contributed by atoms with E-state index in [4.69, 9.17) is 5.73 Å². The third-order valence-corrected chi connectivity index (χ3v) is 4.14. The number of hydrogen-bond acceptors (Lipinski definition) is 6. The first-order chi connectivity index (χ1) is 13.8. The Morgan fingerprint density at radius 1 is 1.21 bits per heavy atom. The van der Waals surface area contributed by atoms with Gasteiger partial charge in [-0.3, -0.25) is 4.79 Å². The Hall–Kier alpha value is -3.40. The summed E-state index contributed by atoms with van der Waals surface area (Å²) < 4.78 is 41.6. The van der Waals surface area contributed by atoms with Gasteiger partial charge in [0.1, 0.15) is 17.9 Å². The Morgan fingerprint density at radius 2 is 1.97 bits per heavy atom. The largest absolute Gasteiger partial charge is 0.573 e. The van der Waals surface area contributed by atoms with Crippen molar-refractivity contribution in [2.45, 2.75) is 12.4 Å². The predicted molar refractivity (Wildman–Crippen MR) is 101 cm³/mol. The van der Waals surface area contributed by atoms with Crippen LogP contribution in [-0.4, -0.2) is 35.8 Å². The molecule has 0 aliphatic heterocycles. The fourth-order valence-corrected chi connectivity index (χ4v) is 2.95. The Kier molecular flexibility index (Phi) is 5.83. The minimum atomic E-state index is -4.78. The summed E-state index contributed by atoms with van der Waals surface area (Å²) >= 11 is 0. The highest BCUT2D eigenvalue weighted by Crippen LogP contribution is 2.29. The molecule has 0 spiro atoms. The summed E-state index contributed by atoms with van der Waals surface area (Å²) in [5, 5.41) is 6.74. The number of likely N-dealkylation sites (N-methyl/N-ethyl adjacent to an activating group) is 1. The van der Waals surface area contributed by atoms with Crippen LogP contribution < -0.4 is 21.1 Å². The zero-order valence-corrected chi connectivity index (χ0v) is 15.3. The number of primary amides is 1. The van der Waals surface area contributed by atoms with Gasteiger partial charge >= 0.3 is 6.36 Å². The molecular formula is C19H18F3N5O2. The van der Waals surface area contributed by atoms with Gasteiger partial charge in [0.05, 0.1) is 17.1 Å². The summed E-state index contributed by atoms with van der Waals surface area (Å²) in [6, 6.07) is 10.2. The van der Waals surface area contributed by atoms with E-state index in [1.807, 2.05) is 0 Å². The molecule has 0 bridgehead atoms. The average Bonchev–Trinajstić information content (AvgIpc) is 2.66. The number of nitrogens with two attached hydrogens (primary N) is 1. The van der Waals surface area contributed by atoms with Gasteiger partial charge in [-0.1, -0.05) is 18.2 Å². The van der Waals surface area contributed by atoms with Crippen molar-refractivity contribution in [3.05, 3.63) is 59.9 Å². The number of carbonyl (C=O) groups is 1. The highest BCUT2D eigenvalue weighted by Gasteiger charge is 2.31. The first-order valence-electron chi connectivity index (χ1n) is 8.59. The summed E-state index contributed by atoms with van der Waals surface area (Å²) in [5.41, 5.74) is 6.59. The molecule has 152 valence electrons. The zero-order valence-electron chi connectivity index (χ0n) is 15.3. The molecule has 3 aromatic rings. The van der Waals surface area contributed by atoms with Gasteiger partial charge < -0.3 is 21.1 Å². The molecule has 0 saturated heterocycles. The van der Waals surface area contributed by atoms with Crippen LogP contribution in [0.25, 0.3) is 10.9 Å². The van der Waals surface area contributed by atoms with Crippen LogP contribution in [0.5, 0.6) is 5.75 Å². The van der Waals surface area contributed by atoms with Crippen LogP contribution in [0.2, 0.25) is 0 Å². The minimum absolute atomic E-state index is 0.249. The molecule has 0 fully saturated rings. The number of rotatable bonds is 7. The predicted octanol–water partition coefficient (Wildman–Crippen LogP) is 3.00. The van der Waals surface area contributed by atoms with Crippen molar-refractivity contribution in [2.75, 3.05) is 18.9 Å². The van der Waals surface area contributed by atoms with E-state index in [9.17, 15) is 18.0 Å². The van der Waals surface area contributed by atoms with E-state index >= 15 is 0 Å². The lowest BCUT2D eigenvalue weighted by atomic mass is 10.1. The average molecular weight is 405 g/mol. The number of benzene rings is 2. The van der Waals surface area contributed by atoms with Crippen LogP contribution in [0.1, 0.15) is 22.0 Å². The van der Waals surface area contributed by atoms with Gasteiger partial charge in [0.2, 0.25) is 0 Å². The maximum Gasteiger partial charge on any atom is 0.573 e. The highest BCUT2D eigenvalue weighted by atomic mass is 19.4. The first kappa shape index (κ1) is 20.3.